The summed E-state index contributed by atoms with van der Waals surface area (Å²) in [4.78, 5) is 15.4. The zero-order valence-corrected chi connectivity index (χ0v) is 16.6. The molecule has 15 heteroatoms. The van der Waals surface area contributed by atoms with Crippen LogP contribution in [0.2, 0.25) is 0 Å². The van der Waals surface area contributed by atoms with Gasteiger partial charge in [0.25, 0.3) is 0 Å². The number of hydroxylamine groups is 2. The van der Waals surface area contributed by atoms with E-state index < -0.39 is 38.5 Å². The number of nitrogens with zero attached hydrogens (tertiary/aromatic N) is 3. The Morgan fingerprint density at radius 2 is 1.93 bits per heavy atom. The van der Waals surface area contributed by atoms with Crippen molar-refractivity contribution in [2.24, 2.45) is 0 Å². The van der Waals surface area contributed by atoms with Gasteiger partial charge >= 0.3 is 16.4 Å². The van der Waals surface area contributed by atoms with Crippen LogP contribution in [0.15, 0.2) is 0 Å². The summed E-state index contributed by atoms with van der Waals surface area (Å²) in [7, 11) is -8.65. The number of rotatable bonds is 7. The maximum atomic E-state index is 12.3. The average molecular weight is 441 g/mol. The average Bonchev–Trinajstić information content (AvgIpc) is 2.84. The summed E-state index contributed by atoms with van der Waals surface area (Å²) in [5, 5.41) is 8.66. The number of amidine groups is 1. The van der Waals surface area contributed by atoms with Gasteiger partial charge in [-0.05, 0) is 12.8 Å². The summed E-state index contributed by atoms with van der Waals surface area (Å²) < 4.78 is 66.9. The first-order valence-electron chi connectivity index (χ1n) is 8.71. The van der Waals surface area contributed by atoms with Gasteiger partial charge in [0.1, 0.15) is 5.84 Å². The lowest BCUT2D eigenvalue weighted by atomic mass is 10.0. The monoisotopic (exact) mass is 441 g/mol. The van der Waals surface area contributed by atoms with E-state index in [-0.39, 0.29) is 24.6 Å². The highest BCUT2D eigenvalue weighted by Gasteiger charge is 2.48. The Hall–Kier alpha value is -1.52. The summed E-state index contributed by atoms with van der Waals surface area (Å²) in [6, 6.07) is -2.30. The van der Waals surface area contributed by atoms with Crippen molar-refractivity contribution >= 4 is 32.3 Å². The lowest BCUT2D eigenvalue weighted by Gasteiger charge is -2.31. The van der Waals surface area contributed by atoms with E-state index in [2.05, 4.69) is 9.01 Å². The smallest absolute Gasteiger partial charge is 0.379 e. The molecule has 3 fully saturated rings. The van der Waals surface area contributed by atoms with Crippen molar-refractivity contribution in [3.05, 3.63) is 0 Å². The first-order valence-corrected chi connectivity index (χ1v) is 11.7. The Kier molecular flexibility index (Phi) is 6.11. The molecular formula is C13H23N5O8S2. The number of carbonyl (C=O) groups excluding carboxylic acids is 1. The normalized spacial score (nSPS) is 26.5. The van der Waals surface area contributed by atoms with Gasteiger partial charge in [-0.1, -0.05) is 0 Å². The molecule has 2 amide bonds. The molecule has 0 spiro atoms. The number of hydrogen-bond acceptors (Lipinski definition) is 9. The van der Waals surface area contributed by atoms with Crippen LogP contribution in [-0.2, 0) is 29.4 Å². The highest BCUT2D eigenvalue weighted by molar-refractivity contribution is 7.90. The van der Waals surface area contributed by atoms with Crippen LogP contribution in [0.5, 0.6) is 0 Å². The van der Waals surface area contributed by atoms with Crippen molar-refractivity contribution in [3.63, 3.8) is 0 Å². The molecule has 160 valence electrons. The summed E-state index contributed by atoms with van der Waals surface area (Å²) in [6.45, 7) is 2.75. The minimum absolute atomic E-state index is 0.0664. The fraction of sp³-hybridized carbons (Fsp3) is 0.846. The Morgan fingerprint density at radius 3 is 2.57 bits per heavy atom. The molecule has 3 heterocycles. The van der Waals surface area contributed by atoms with Crippen molar-refractivity contribution in [3.8, 4) is 0 Å². The van der Waals surface area contributed by atoms with Gasteiger partial charge in [-0.3, -0.25) is 19.6 Å². The molecule has 3 rings (SSSR count). The van der Waals surface area contributed by atoms with Crippen molar-refractivity contribution in [1.82, 2.24) is 19.6 Å². The van der Waals surface area contributed by atoms with Crippen LogP contribution in [0, 0.1) is 5.41 Å². The van der Waals surface area contributed by atoms with Crippen LogP contribution in [-0.4, -0.2) is 105 Å². The number of ether oxygens (including phenoxy) is 1. The Bertz CT molecular complexity index is 826. The van der Waals surface area contributed by atoms with Crippen molar-refractivity contribution in [1.29, 1.82) is 5.41 Å². The summed E-state index contributed by atoms with van der Waals surface area (Å²) in [5.74, 6) is -0.557. The number of fused-ring (bicyclic) bond motifs is 2. The molecule has 3 aliphatic rings. The number of urea groups is 1. The van der Waals surface area contributed by atoms with Crippen LogP contribution in [0.25, 0.3) is 0 Å². The molecule has 3 saturated heterocycles. The highest BCUT2D eigenvalue weighted by atomic mass is 32.3. The number of carbonyl (C=O) groups is 1. The molecule has 3 N–H and O–H groups in total. The standard InChI is InChI=1S/C13H23N5O8S2/c14-12(15-27(20,21)8-5-16-3-6-25-7-4-16)11-2-1-10-9-17(11)13(19)18(10)26-28(22,23)24/h10-11H,1-9H2,(H2,14,15)(H,22,23,24)/t10-,11+/m1/s1. The second kappa shape index (κ2) is 8.08. The lowest BCUT2D eigenvalue weighted by molar-refractivity contribution is -0.0316. The van der Waals surface area contributed by atoms with Gasteiger partial charge in [-0.15, -0.1) is 4.28 Å². The van der Waals surface area contributed by atoms with Crippen molar-refractivity contribution in [2.45, 2.75) is 24.9 Å². The third-order valence-electron chi connectivity index (χ3n) is 4.88. The molecule has 2 bridgehead atoms. The van der Waals surface area contributed by atoms with Crippen LogP contribution >= 0.6 is 0 Å². The molecule has 0 aromatic carbocycles. The number of piperidine rings is 1. The highest BCUT2D eigenvalue weighted by Crippen LogP contribution is 2.30. The molecule has 0 aromatic heterocycles. The van der Waals surface area contributed by atoms with Crippen LogP contribution < -0.4 is 4.72 Å². The third-order valence-corrected chi connectivity index (χ3v) is 6.48. The maximum Gasteiger partial charge on any atom is 0.418 e. The number of nitrogens with one attached hydrogen (secondary N) is 2. The Labute approximate surface area is 163 Å². The predicted octanol–water partition coefficient (Wildman–Crippen LogP) is -1.78. The van der Waals surface area contributed by atoms with E-state index >= 15 is 0 Å². The maximum absolute atomic E-state index is 12.3. The van der Waals surface area contributed by atoms with Gasteiger partial charge in [0, 0.05) is 26.2 Å². The van der Waals surface area contributed by atoms with E-state index in [1.807, 2.05) is 4.90 Å². The van der Waals surface area contributed by atoms with E-state index in [1.165, 1.54) is 0 Å². The summed E-state index contributed by atoms with van der Waals surface area (Å²) in [6.07, 6.45) is 0.548. The summed E-state index contributed by atoms with van der Waals surface area (Å²) >= 11 is 0. The second-order valence-corrected chi connectivity index (χ2v) is 9.64. The SMILES string of the molecule is N=C(NS(=O)(=O)CCN1CCOCC1)[C@@H]1CC[C@@H]2CN1C(=O)N2OS(=O)(=O)O. The molecule has 0 saturated carbocycles. The number of morpholine rings is 1. The predicted molar refractivity (Wildman–Crippen MR) is 95.3 cm³/mol. The fourth-order valence-corrected chi connectivity index (χ4v) is 4.95. The van der Waals surface area contributed by atoms with E-state index in [1.54, 1.807) is 0 Å². The van der Waals surface area contributed by atoms with Gasteiger partial charge < -0.3 is 9.64 Å². The minimum Gasteiger partial charge on any atom is -0.379 e. The second-order valence-electron chi connectivity index (χ2n) is 6.80. The van der Waals surface area contributed by atoms with E-state index in [9.17, 15) is 21.6 Å². The molecule has 28 heavy (non-hydrogen) atoms. The van der Waals surface area contributed by atoms with Gasteiger partial charge in [-0.2, -0.15) is 13.5 Å². The molecule has 0 unspecified atom stereocenters. The third kappa shape index (κ3) is 5.09. The number of amides is 2. The zero-order chi connectivity index (χ0) is 20.5. The quantitative estimate of drug-likeness (QED) is 0.235. The van der Waals surface area contributed by atoms with Crippen LogP contribution in [0.4, 0.5) is 4.79 Å². The molecule has 3 aliphatic heterocycles. The molecule has 13 nitrogen and oxygen atoms in total. The Morgan fingerprint density at radius 1 is 1.25 bits per heavy atom. The minimum atomic E-state index is -4.86. The topological polar surface area (TPSA) is 170 Å². The lowest BCUT2D eigenvalue weighted by Crippen LogP contribution is -2.51. The van der Waals surface area contributed by atoms with Crippen LogP contribution in [0.1, 0.15) is 12.8 Å². The molecule has 2 atom stereocenters. The fourth-order valence-electron chi connectivity index (χ4n) is 3.49. The largest absolute Gasteiger partial charge is 0.418 e. The van der Waals surface area contributed by atoms with E-state index in [0.717, 1.165) is 4.90 Å². The van der Waals surface area contributed by atoms with Gasteiger partial charge in [-0.25, -0.2) is 13.2 Å². The summed E-state index contributed by atoms with van der Waals surface area (Å²) in [5.41, 5.74) is 0. The van der Waals surface area contributed by atoms with Crippen molar-refractivity contribution < 1.29 is 35.2 Å². The molecule has 0 aromatic rings. The van der Waals surface area contributed by atoms with Gasteiger partial charge in [0.15, 0.2) is 0 Å². The van der Waals surface area contributed by atoms with Gasteiger partial charge in [0.2, 0.25) is 10.0 Å². The molecule has 0 aliphatic carbocycles. The zero-order valence-electron chi connectivity index (χ0n) is 15.0. The van der Waals surface area contributed by atoms with E-state index in [0.29, 0.717) is 44.3 Å². The number of hydrogen-bond donors (Lipinski definition) is 3. The first-order chi connectivity index (χ1) is 13.1. The van der Waals surface area contributed by atoms with Crippen LogP contribution in [0.3, 0.4) is 0 Å². The van der Waals surface area contributed by atoms with Crippen molar-refractivity contribution in [2.75, 3.05) is 45.1 Å². The Balaban J connectivity index is 1.58. The number of sulfonamides is 1. The van der Waals surface area contributed by atoms with E-state index in [4.69, 9.17) is 14.7 Å². The molecule has 0 radical (unpaired) electrons. The first kappa shape index (κ1) is 21.2. The molecular weight excluding hydrogens is 418 g/mol. The van der Waals surface area contributed by atoms with Gasteiger partial charge in [0.05, 0.1) is 31.1 Å².